The van der Waals surface area contributed by atoms with Crippen LogP contribution in [0.5, 0.6) is 0 Å². The summed E-state index contributed by atoms with van der Waals surface area (Å²) in [6.07, 6.45) is 0.433. The Kier molecular flexibility index (Phi) is 14.9. The average Bonchev–Trinajstić information content (AvgIpc) is 3.07. The number of aryl methyl sites for hydroxylation is 6. The number of carbonyl (C=O) groups is 5. The Morgan fingerprint density at radius 3 is 0.926 bits per heavy atom. The molecular weight excluding hydrogens is 683 g/mol. The highest BCUT2D eigenvalue weighted by atomic mass is 16.2. The molecule has 0 spiro atoms. The first-order valence-electron chi connectivity index (χ1n) is 18.6. The Labute approximate surface area is 320 Å². The molecule has 4 N–H and O–H groups in total. The van der Waals surface area contributed by atoms with E-state index >= 15 is 0 Å². The van der Waals surface area contributed by atoms with Crippen LogP contribution in [0.25, 0.3) is 0 Å². The van der Waals surface area contributed by atoms with Crippen LogP contribution in [-0.4, -0.2) is 113 Å². The minimum atomic E-state index is -0.462. The lowest BCUT2D eigenvalue weighted by Gasteiger charge is -2.31. The molecule has 12 nitrogen and oxygen atoms in total. The summed E-state index contributed by atoms with van der Waals surface area (Å²) in [5, 5.41) is 0. The Hall–Kier alpha value is -5.07. The van der Waals surface area contributed by atoms with Crippen molar-refractivity contribution in [1.82, 2.24) is 24.5 Å². The Balaban J connectivity index is 1.81. The molecule has 1 heterocycles. The molecule has 4 rings (SSSR count). The van der Waals surface area contributed by atoms with E-state index in [1.807, 2.05) is 96.1 Å². The second-order valence-corrected chi connectivity index (χ2v) is 14.8. The largest absolute Gasteiger partial charge is 0.332 e. The van der Waals surface area contributed by atoms with Crippen LogP contribution in [0, 0.1) is 41.5 Å². The highest BCUT2D eigenvalue weighted by molar-refractivity contribution is 5.93. The molecule has 1 aliphatic heterocycles. The minimum absolute atomic E-state index is 0.0709. The molecule has 0 aliphatic carbocycles. The summed E-state index contributed by atoms with van der Waals surface area (Å²) in [5.41, 5.74) is 20.4. The van der Waals surface area contributed by atoms with Gasteiger partial charge in [-0.15, -0.1) is 0 Å². The van der Waals surface area contributed by atoms with Gasteiger partial charge in [0, 0.05) is 39.3 Å². The summed E-state index contributed by atoms with van der Waals surface area (Å²) in [6.45, 7) is 11.2. The highest BCUT2D eigenvalue weighted by Crippen LogP contribution is 2.17. The highest BCUT2D eigenvalue weighted by Gasteiger charge is 2.31. The van der Waals surface area contributed by atoms with E-state index in [1.165, 1.54) is 24.5 Å². The number of rotatable bonds is 11. The van der Waals surface area contributed by atoms with Crippen LogP contribution in [0.4, 0.5) is 0 Å². The molecule has 1 aliphatic rings. The first kappa shape index (κ1) is 41.7. The lowest BCUT2D eigenvalue weighted by molar-refractivity contribution is -0.146. The molecule has 1 saturated heterocycles. The maximum Gasteiger partial charge on any atom is 0.242 e. The van der Waals surface area contributed by atoms with Gasteiger partial charge in [0.15, 0.2) is 0 Å². The third-order valence-corrected chi connectivity index (χ3v) is 9.39. The van der Waals surface area contributed by atoms with Crippen LogP contribution in [0.15, 0.2) is 54.6 Å². The molecule has 0 unspecified atom stereocenters. The molecule has 12 heteroatoms. The fourth-order valence-electron chi connectivity index (χ4n) is 7.18. The van der Waals surface area contributed by atoms with Gasteiger partial charge in [0.2, 0.25) is 29.5 Å². The number of nitrogens with two attached hydrogens (primary N) is 2. The smallest absolute Gasteiger partial charge is 0.242 e. The van der Waals surface area contributed by atoms with Gasteiger partial charge >= 0.3 is 0 Å². The molecule has 290 valence electrons. The molecule has 54 heavy (non-hydrogen) atoms. The van der Waals surface area contributed by atoms with Crippen LogP contribution in [0.1, 0.15) is 56.5 Å². The quantitative estimate of drug-likeness (QED) is 0.307. The zero-order valence-electron chi connectivity index (χ0n) is 32.8. The average molecular weight is 740 g/mol. The standard InChI is InChI=1S/C42H57N7O5/c1-29-12-30(2)16-35(15-29)21-47-26-38(50)45(10-7-8-43)24-40(52)49(23-37-19-33(5)14-34(6)20-37)28-42(54)48(22-36-17-31(3)13-32(4)18-36)27-39(51)46(11-9-44)25-41(47)53/h12-20H,7-11,21-28,43-44H2,1-6H3. The predicted molar refractivity (Wildman–Crippen MR) is 210 cm³/mol. The molecule has 3 aromatic rings. The summed E-state index contributed by atoms with van der Waals surface area (Å²) >= 11 is 0. The zero-order chi connectivity index (χ0) is 39.5. The Morgan fingerprint density at radius 1 is 0.389 bits per heavy atom. The Bertz CT molecular complexity index is 1780. The van der Waals surface area contributed by atoms with Gasteiger partial charge in [-0.3, -0.25) is 24.0 Å². The number of benzene rings is 3. The van der Waals surface area contributed by atoms with Crippen LogP contribution in [0.2, 0.25) is 0 Å². The van der Waals surface area contributed by atoms with Gasteiger partial charge in [0.25, 0.3) is 0 Å². The molecule has 5 amide bonds. The summed E-state index contributed by atoms with van der Waals surface area (Å²) in [7, 11) is 0. The van der Waals surface area contributed by atoms with Gasteiger partial charge in [0.05, 0.1) is 13.1 Å². The summed E-state index contributed by atoms with van der Waals surface area (Å²) < 4.78 is 0. The van der Waals surface area contributed by atoms with Crippen LogP contribution in [0.3, 0.4) is 0 Å². The van der Waals surface area contributed by atoms with E-state index in [-0.39, 0.29) is 78.5 Å². The van der Waals surface area contributed by atoms with Crippen LogP contribution in [-0.2, 0) is 43.6 Å². The topological polar surface area (TPSA) is 154 Å². The minimum Gasteiger partial charge on any atom is -0.332 e. The molecule has 3 aromatic carbocycles. The van der Waals surface area contributed by atoms with Crippen LogP contribution < -0.4 is 11.5 Å². The van der Waals surface area contributed by atoms with Gasteiger partial charge in [-0.25, -0.2) is 0 Å². The first-order chi connectivity index (χ1) is 25.6. The van der Waals surface area contributed by atoms with Gasteiger partial charge in [-0.2, -0.15) is 0 Å². The molecule has 0 saturated carbocycles. The van der Waals surface area contributed by atoms with E-state index in [4.69, 9.17) is 11.5 Å². The van der Waals surface area contributed by atoms with E-state index in [2.05, 4.69) is 0 Å². The van der Waals surface area contributed by atoms with Gasteiger partial charge in [-0.05, 0) is 71.2 Å². The summed E-state index contributed by atoms with van der Waals surface area (Å²) in [4.78, 5) is 78.2. The first-order valence-corrected chi connectivity index (χ1v) is 18.6. The monoisotopic (exact) mass is 739 g/mol. The van der Waals surface area contributed by atoms with Crippen molar-refractivity contribution < 1.29 is 24.0 Å². The second kappa shape index (κ2) is 19.3. The van der Waals surface area contributed by atoms with Crippen molar-refractivity contribution in [3.05, 3.63) is 105 Å². The van der Waals surface area contributed by atoms with Crippen molar-refractivity contribution in [3.63, 3.8) is 0 Å². The molecule has 0 bridgehead atoms. The van der Waals surface area contributed by atoms with E-state index < -0.39 is 29.5 Å². The zero-order valence-corrected chi connectivity index (χ0v) is 32.8. The van der Waals surface area contributed by atoms with Crippen molar-refractivity contribution in [2.75, 3.05) is 58.9 Å². The third-order valence-electron chi connectivity index (χ3n) is 9.39. The third kappa shape index (κ3) is 12.2. The number of carbonyl (C=O) groups excluding carboxylic acids is 5. The van der Waals surface area contributed by atoms with Crippen LogP contribution >= 0.6 is 0 Å². The lowest BCUT2D eigenvalue weighted by atomic mass is 10.1. The Morgan fingerprint density at radius 2 is 0.648 bits per heavy atom. The molecule has 0 radical (unpaired) electrons. The van der Waals surface area contributed by atoms with Gasteiger partial charge in [-0.1, -0.05) is 88.0 Å². The summed E-state index contributed by atoms with van der Waals surface area (Å²) in [6, 6.07) is 17.9. The fraction of sp³-hybridized carbons (Fsp3) is 0.452. The van der Waals surface area contributed by atoms with Crippen molar-refractivity contribution in [2.45, 2.75) is 67.6 Å². The molecular formula is C42H57N7O5. The number of hydrogen-bond acceptors (Lipinski definition) is 7. The number of hydrogen-bond donors (Lipinski definition) is 2. The van der Waals surface area contributed by atoms with Gasteiger partial charge < -0.3 is 36.0 Å². The SMILES string of the molecule is Cc1cc(C)cc(CN2CC(=O)N(CCCN)CC(=O)N(Cc3cc(C)cc(C)c3)CC(=O)N(Cc3cc(C)cc(C)c3)CC(=O)N(CCN)CC2=O)c1. The van der Waals surface area contributed by atoms with Gasteiger partial charge in [0.1, 0.15) is 19.6 Å². The molecule has 1 fully saturated rings. The van der Waals surface area contributed by atoms with Crippen molar-refractivity contribution >= 4 is 29.5 Å². The van der Waals surface area contributed by atoms with E-state index in [0.717, 1.165) is 50.1 Å². The molecule has 0 atom stereocenters. The van der Waals surface area contributed by atoms with Crippen molar-refractivity contribution in [3.8, 4) is 0 Å². The number of nitrogens with zero attached hydrogens (tertiary/aromatic N) is 5. The maximum atomic E-state index is 14.4. The normalized spacial score (nSPS) is 15.6. The number of amides is 5. The van der Waals surface area contributed by atoms with Crippen molar-refractivity contribution in [2.24, 2.45) is 11.5 Å². The van der Waals surface area contributed by atoms with Crippen molar-refractivity contribution in [1.29, 1.82) is 0 Å². The maximum absolute atomic E-state index is 14.4. The fourth-order valence-corrected chi connectivity index (χ4v) is 7.18. The molecule has 0 aromatic heterocycles. The second-order valence-electron chi connectivity index (χ2n) is 14.8. The lowest BCUT2D eigenvalue weighted by Crippen LogP contribution is -2.50. The summed E-state index contributed by atoms with van der Waals surface area (Å²) in [5.74, 6) is -2.22. The predicted octanol–water partition coefficient (Wildman–Crippen LogP) is 2.90. The van der Waals surface area contributed by atoms with E-state index in [1.54, 1.807) is 0 Å². The van der Waals surface area contributed by atoms with E-state index in [0.29, 0.717) is 6.42 Å². The van der Waals surface area contributed by atoms with E-state index in [9.17, 15) is 24.0 Å².